The Labute approximate surface area is 55.6 Å². The van der Waals surface area contributed by atoms with E-state index in [1.165, 1.54) is 6.26 Å². The zero-order valence-electron chi connectivity index (χ0n) is 5.72. The lowest BCUT2D eigenvalue weighted by atomic mass is 10.7. The first-order valence-electron chi connectivity index (χ1n) is 2.99. The van der Waals surface area contributed by atoms with Crippen molar-refractivity contribution in [2.75, 3.05) is 19.8 Å². The molecule has 0 unspecified atom stereocenters. The van der Waals surface area contributed by atoms with Gasteiger partial charge in [0.15, 0.2) is 0 Å². The highest BCUT2D eigenvalue weighted by Gasteiger charge is 1.81. The van der Waals surface area contributed by atoms with Crippen molar-refractivity contribution in [3.05, 3.63) is 12.8 Å². The lowest BCUT2D eigenvalue weighted by Gasteiger charge is -2.01. The molecule has 0 atom stereocenters. The van der Waals surface area contributed by atoms with Crippen LogP contribution in [0.3, 0.4) is 0 Å². The summed E-state index contributed by atoms with van der Waals surface area (Å²) < 4.78 is 5.00. The highest BCUT2D eigenvalue weighted by Crippen LogP contribution is 1.70. The van der Waals surface area contributed by atoms with Crippen molar-refractivity contribution < 1.29 is 9.57 Å². The van der Waals surface area contributed by atoms with Crippen molar-refractivity contribution in [2.24, 2.45) is 0 Å². The Kier molecular flexibility index (Phi) is 7.01. The van der Waals surface area contributed by atoms with Crippen LogP contribution in [0.4, 0.5) is 0 Å². The maximum Gasteiger partial charge on any atom is 0.104 e. The lowest BCUT2D eigenvalue weighted by Crippen LogP contribution is -2.17. The molecule has 0 aliphatic rings. The quantitative estimate of drug-likeness (QED) is 0.327. The molecule has 1 N–H and O–H groups in total. The Bertz CT molecular complexity index is 66.1. The van der Waals surface area contributed by atoms with Gasteiger partial charge in [0.2, 0.25) is 0 Å². The van der Waals surface area contributed by atoms with E-state index in [9.17, 15) is 0 Å². The van der Waals surface area contributed by atoms with E-state index in [-0.39, 0.29) is 0 Å². The fourth-order valence-corrected chi connectivity index (χ4v) is 0.376. The van der Waals surface area contributed by atoms with E-state index in [1.807, 2.05) is 6.92 Å². The van der Waals surface area contributed by atoms with Crippen LogP contribution in [0, 0.1) is 0 Å². The summed E-state index contributed by atoms with van der Waals surface area (Å²) in [6.45, 7) is 7.42. The fraction of sp³-hybridized carbons (Fsp3) is 0.667. The minimum Gasteiger partial charge on any atom is -0.417 e. The van der Waals surface area contributed by atoms with Crippen LogP contribution in [0.1, 0.15) is 6.92 Å². The molecule has 0 aromatic carbocycles. The van der Waals surface area contributed by atoms with Gasteiger partial charge in [0.05, 0.1) is 13.2 Å². The van der Waals surface area contributed by atoms with Crippen LogP contribution in [0.25, 0.3) is 0 Å². The van der Waals surface area contributed by atoms with E-state index >= 15 is 0 Å². The standard InChI is InChI=1S/C6H13NO2/c1-3-8-6-5-7-9-4-2/h4,7H,2-3,5-6H2,1H3. The molecule has 54 valence electrons. The van der Waals surface area contributed by atoms with Crippen LogP contribution >= 0.6 is 0 Å². The molecule has 0 saturated carbocycles. The lowest BCUT2D eigenvalue weighted by molar-refractivity contribution is 0.0845. The molecule has 0 saturated heterocycles. The molecule has 0 heterocycles. The SMILES string of the molecule is C=CONCCOCC. The van der Waals surface area contributed by atoms with Gasteiger partial charge in [-0.1, -0.05) is 6.58 Å². The Morgan fingerprint density at radius 3 is 3.00 bits per heavy atom. The zero-order chi connectivity index (χ0) is 6.95. The van der Waals surface area contributed by atoms with Gasteiger partial charge in [0.25, 0.3) is 0 Å². The van der Waals surface area contributed by atoms with Gasteiger partial charge >= 0.3 is 0 Å². The molecule has 0 aromatic rings. The second-order valence-corrected chi connectivity index (χ2v) is 1.38. The van der Waals surface area contributed by atoms with Gasteiger partial charge in [-0.25, -0.2) is 0 Å². The summed E-state index contributed by atoms with van der Waals surface area (Å²) in [6, 6.07) is 0. The number of hydrogen-bond acceptors (Lipinski definition) is 3. The molecular weight excluding hydrogens is 118 g/mol. The molecular formula is C6H13NO2. The first-order valence-corrected chi connectivity index (χ1v) is 2.99. The van der Waals surface area contributed by atoms with Crippen LogP contribution in [0.15, 0.2) is 12.8 Å². The average molecular weight is 131 g/mol. The first-order chi connectivity index (χ1) is 4.41. The van der Waals surface area contributed by atoms with E-state index in [0.29, 0.717) is 13.2 Å². The predicted molar refractivity (Wildman–Crippen MR) is 35.8 cm³/mol. The summed E-state index contributed by atoms with van der Waals surface area (Å²) in [5.74, 6) is 0. The van der Waals surface area contributed by atoms with Crippen molar-refractivity contribution in [3.63, 3.8) is 0 Å². The van der Waals surface area contributed by atoms with Gasteiger partial charge in [-0.05, 0) is 6.92 Å². The first kappa shape index (κ1) is 8.46. The highest BCUT2D eigenvalue weighted by molar-refractivity contribution is 4.45. The van der Waals surface area contributed by atoms with E-state index in [1.54, 1.807) is 0 Å². The molecule has 9 heavy (non-hydrogen) atoms. The molecule has 0 amide bonds. The average Bonchev–Trinajstić information content (AvgIpc) is 1.89. The van der Waals surface area contributed by atoms with Crippen molar-refractivity contribution >= 4 is 0 Å². The minimum absolute atomic E-state index is 0.671. The summed E-state index contributed by atoms with van der Waals surface area (Å²) in [6.07, 6.45) is 1.34. The van der Waals surface area contributed by atoms with Crippen LogP contribution in [-0.2, 0) is 9.57 Å². The monoisotopic (exact) mass is 131 g/mol. The summed E-state index contributed by atoms with van der Waals surface area (Å²) in [5, 5.41) is 0. The van der Waals surface area contributed by atoms with Crippen molar-refractivity contribution in [2.45, 2.75) is 6.92 Å². The number of ether oxygens (including phenoxy) is 1. The van der Waals surface area contributed by atoms with Gasteiger partial charge in [0.1, 0.15) is 6.26 Å². The maximum atomic E-state index is 5.00. The van der Waals surface area contributed by atoms with E-state index in [2.05, 4.69) is 16.9 Å². The number of hydrogen-bond donors (Lipinski definition) is 1. The van der Waals surface area contributed by atoms with Crippen molar-refractivity contribution in [1.82, 2.24) is 5.48 Å². The smallest absolute Gasteiger partial charge is 0.104 e. The van der Waals surface area contributed by atoms with Crippen LogP contribution in [0.2, 0.25) is 0 Å². The molecule has 0 fully saturated rings. The topological polar surface area (TPSA) is 30.5 Å². The van der Waals surface area contributed by atoms with E-state index < -0.39 is 0 Å². The van der Waals surface area contributed by atoms with Gasteiger partial charge < -0.3 is 9.57 Å². The third-order valence-electron chi connectivity index (χ3n) is 0.719. The molecule has 0 spiro atoms. The molecule has 0 aliphatic heterocycles. The van der Waals surface area contributed by atoms with Crippen LogP contribution in [-0.4, -0.2) is 19.8 Å². The molecule has 0 radical (unpaired) electrons. The number of hydroxylamine groups is 1. The largest absolute Gasteiger partial charge is 0.417 e. The summed E-state index contributed by atoms with van der Waals surface area (Å²) in [5.41, 5.74) is 2.63. The molecule has 0 rings (SSSR count). The molecule has 0 bridgehead atoms. The fourth-order valence-electron chi connectivity index (χ4n) is 0.376. The van der Waals surface area contributed by atoms with Crippen molar-refractivity contribution in [3.8, 4) is 0 Å². The predicted octanol–water partition coefficient (Wildman–Crippen LogP) is 0.688. The van der Waals surface area contributed by atoms with Gasteiger partial charge in [-0.2, -0.15) is 5.48 Å². The third-order valence-corrected chi connectivity index (χ3v) is 0.719. The molecule has 3 heteroatoms. The molecule has 3 nitrogen and oxygen atoms in total. The van der Waals surface area contributed by atoms with Gasteiger partial charge in [0, 0.05) is 6.61 Å². The highest BCUT2D eigenvalue weighted by atomic mass is 16.6. The maximum absolute atomic E-state index is 5.00. The number of rotatable bonds is 6. The molecule has 0 aliphatic carbocycles. The van der Waals surface area contributed by atoms with Crippen LogP contribution in [0.5, 0.6) is 0 Å². The normalized spacial score (nSPS) is 9.00. The Morgan fingerprint density at radius 1 is 1.67 bits per heavy atom. The van der Waals surface area contributed by atoms with Gasteiger partial charge in [-0.15, -0.1) is 0 Å². The number of nitrogens with one attached hydrogen (secondary N) is 1. The van der Waals surface area contributed by atoms with Gasteiger partial charge in [-0.3, -0.25) is 0 Å². The molecule has 0 aromatic heterocycles. The van der Waals surface area contributed by atoms with Crippen LogP contribution < -0.4 is 5.48 Å². The zero-order valence-corrected chi connectivity index (χ0v) is 5.72. The second kappa shape index (κ2) is 7.46. The Balaban J connectivity index is 2.66. The second-order valence-electron chi connectivity index (χ2n) is 1.38. The van der Waals surface area contributed by atoms with E-state index in [0.717, 1.165) is 6.61 Å². The summed E-state index contributed by atoms with van der Waals surface area (Å²) in [4.78, 5) is 4.61. The Morgan fingerprint density at radius 2 is 2.44 bits per heavy atom. The van der Waals surface area contributed by atoms with Crippen molar-refractivity contribution in [1.29, 1.82) is 0 Å². The Hall–Kier alpha value is -0.540. The third kappa shape index (κ3) is 7.46. The minimum atomic E-state index is 0.671. The summed E-state index contributed by atoms with van der Waals surface area (Å²) >= 11 is 0. The summed E-state index contributed by atoms with van der Waals surface area (Å²) in [7, 11) is 0. The van der Waals surface area contributed by atoms with E-state index in [4.69, 9.17) is 4.74 Å².